The molecule has 0 spiro atoms. The lowest BCUT2D eigenvalue weighted by molar-refractivity contribution is -0.114. The molecule has 1 N–H and O–H groups in total. The number of carbonyl (C=O) groups excluding carboxylic acids is 1. The van der Waals surface area contributed by atoms with Crippen molar-refractivity contribution in [1.82, 2.24) is 4.98 Å². The Bertz CT molecular complexity index is 1220. The van der Waals surface area contributed by atoms with Crippen LogP contribution in [0.3, 0.4) is 0 Å². The minimum atomic E-state index is -3.69. The fraction of sp³-hybridized carbons (Fsp3) is 0.143. The summed E-state index contributed by atoms with van der Waals surface area (Å²) in [6.45, 7) is 1.37. The second-order valence-corrected chi connectivity index (χ2v) is 9.39. The van der Waals surface area contributed by atoms with Crippen molar-refractivity contribution in [3.8, 4) is 11.6 Å². The van der Waals surface area contributed by atoms with E-state index in [1.54, 1.807) is 55.5 Å². The number of anilines is 2. The number of ether oxygens (including phenoxy) is 1. The zero-order chi connectivity index (χ0) is 22.6. The van der Waals surface area contributed by atoms with Crippen molar-refractivity contribution in [2.45, 2.75) is 6.92 Å². The van der Waals surface area contributed by atoms with E-state index >= 15 is 0 Å². The molecule has 1 aromatic heterocycles. The summed E-state index contributed by atoms with van der Waals surface area (Å²) in [4.78, 5) is 16.8. The number of para-hydroxylation sites is 3. The summed E-state index contributed by atoms with van der Waals surface area (Å²) in [7, 11) is -3.69. The lowest BCUT2D eigenvalue weighted by atomic mass is 10.2. The summed E-state index contributed by atoms with van der Waals surface area (Å²) in [5.41, 5.74) is 1.49. The molecule has 7 nitrogen and oxygen atoms in total. The number of pyridine rings is 1. The molecule has 0 atom stereocenters. The van der Waals surface area contributed by atoms with Gasteiger partial charge < -0.3 is 10.1 Å². The Morgan fingerprint density at radius 3 is 2.48 bits per heavy atom. The number of hydrogen-bond acceptors (Lipinski definition) is 5. The summed E-state index contributed by atoms with van der Waals surface area (Å²) in [6, 6.07) is 15.1. The lowest BCUT2D eigenvalue weighted by Gasteiger charge is -2.23. The highest BCUT2D eigenvalue weighted by Crippen LogP contribution is 2.33. The molecule has 0 bridgehead atoms. The molecule has 0 aliphatic carbocycles. The average molecular weight is 480 g/mol. The quantitative estimate of drug-likeness (QED) is 0.520. The Kier molecular flexibility index (Phi) is 7.04. The third kappa shape index (κ3) is 5.88. The first-order valence-corrected chi connectivity index (χ1v) is 11.7. The van der Waals surface area contributed by atoms with E-state index in [9.17, 15) is 13.2 Å². The van der Waals surface area contributed by atoms with E-state index in [1.165, 1.54) is 12.3 Å². The summed E-state index contributed by atoms with van der Waals surface area (Å²) in [6.07, 6.45) is 2.44. The van der Waals surface area contributed by atoms with Crippen LogP contribution in [0.2, 0.25) is 10.0 Å². The second kappa shape index (κ2) is 9.55. The van der Waals surface area contributed by atoms with E-state index < -0.39 is 22.5 Å². The van der Waals surface area contributed by atoms with Gasteiger partial charge in [-0.2, -0.15) is 0 Å². The number of nitrogens with zero attached hydrogens (tertiary/aromatic N) is 2. The predicted octanol–water partition coefficient (Wildman–Crippen LogP) is 4.89. The molecule has 0 unspecified atom stereocenters. The smallest absolute Gasteiger partial charge is 0.245 e. The molecule has 1 heterocycles. The number of hydrogen-bond donors (Lipinski definition) is 1. The maximum Gasteiger partial charge on any atom is 0.245 e. The minimum Gasteiger partial charge on any atom is -0.435 e. The van der Waals surface area contributed by atoms with Gasteiger partial charge in [-0.1, -0.05) is 53.5 Å². The molecular formula is C21H19Cl2N3O4S. The maximum atomic E-state index is 12.7. The van der Waals surface area contributed by atoms with Crippen molar-refractivity contribution < 1.29 is 17.9 Å². The van der Waals surface area contributed by atoms with E-state index in [-0.39, 0.29) is 16.7 Å². The summed E-state index contributed by atoms with van der Waals surface area (Å²) < 4.78 is 31.4. The van der Waals surface area contributed by atoms with Crippen LogP contribution in [0.25, 0.3) is 0 Å². The molecule has 10 heteroatoms. The Morgan fingerprint density at radius 2 is 1.81 bits per heavy atom. The van der Waals surface area contributed by atoms with Gasteiger partial charge in [-0.05, 0) is 36.8 Å². The maximum absolute atomic E-state index is 12.7. The molecule has 1 amide bonds. The number of halogens is 2. The van der Waals surface area contributed by atoms with Crippen molar-refractivity contribution in [3.63, 3.8) is 0 Å². The first kappa shape index (κ1) is 22.9. The predicted molar refractivity (Wildman–Crippen MR) is 123 cm³/mol. The van der Waals surface area contributed by atoms with Gasteiger partial charge in [0.15, 0.2) is 5.75 Å². The molecule has 3 rings (SSSR count). The molecule has 0 fully saturated rings. The van der Waals surface area contributed by atoms with Gasteiger partial charge in [0.25, 0.3) is 0 Å². The minimum absolute atomic E-state index is 0.116. The van der Waals surface area contributed by atoms with Gasteiger partial charge in [0.1, 0.15) is 11.6 Å². The molecule has 0 radical (unpaired) electrons. The number of amides is 1. The standard InChI is InChI=1S/C21H19Cl2N3O4S/c1-14-7-3-5-9-18(14)26(31(2,28)29)13-20(27)25-17-8-4-6-10-19(17)30-21-16(23)11-15(22)12-24-21/h3-12H,13H2,1-2H3,(H,25,27). The van der Waals surface area contributed by atoms with Crippen LogP contribution in [-0.2, 0) is 14.8 Å². The number of sulfonamides is 1. The third-order valence-corrected chi connectivity index (χ3v) is 5.82. The highest BCUT2D eigenvalue weighted by atomic mass is 35.5. The van der Waals surface area contributed by atoms with Crippen LogP contribution in [0.1, 0.15) is 5.56 Å². The van der Waals surface area contributed by atoms with Crippen LogP contribution in [0.5, 0.6) is 11.6 Å². The average Bonchev–Trinajstić information content (AvgIpc) is 2.69. The number of aryl methyl sites for hydroxylation is 1. The van der Waals surface area contributed by atoms with Crippen molar-refractivity contribution in [3.05, 3.63) is 76.4 Å². The molecule has 2 aromatic carbocycles. The number of benzene rings is 2. The van der Waals surface area contributed by atoms with E-state index in [0.717, 1.165) is 16.1 Å². The molecule has 0 aliphatic heterocycles. The van der Waals surface area contributed by atoms with Gasteiger partial charge in [-0.3, -0.25) is 9.10 Å². The van der Waals surface area contributed by atoms with Crippen LogP contribution < -0.4 is 14.4 Å². The van der Waals surface area contributed by atoms with Gasteiger partial charge in [-0.15, -0.1) is 0 Å². The highest BCUT2D eigenvalue weighted by molar-refractivity contribution is 7.92. The normalized spacial score (nSPS) is 11.1. The molecule has 0 saturated heterocycles. The van der Waals surface area contributed by atoms with Crippen LogP contribution in [0, 0.1) is 6.92 Å². The van der Waals surface area contributed by atoms with Crippen LogP contribution >= 0.6 is 23.2 Å². The fourth-order valence-electron chi connectivity index (χ4n) is 2.78. The van der Waals surface area contributed by atoms with Crippen LogP contribution in [-0.4, -0.2) is 32.1 Å². The van der Waals surface area contributed by atoms with Gasteiger partial charge in [0.2, 0.25) is 21.8 Å². The first-order chi connectivity index (χ1) is 14.6. The SMILES string of the molecule is Cc1ccccc1N(CC(=O)Nc1ccccc1Oc1ncc(Cl)cc1Cl)S(C)(=O)=O. The Balaban J connectivity index is 1.82. The van der Waals surface area contributed by atoms with E-state index in [2.05, 4.69) is 10.3 Å². The summed E-state index contributed by atoms with van der Waals surface area (Å²) >= 11 is 12.0. The summed E-state index contributed by atoms with van der Waals surface area (Å²) in [5, 5.41) is 3.25. The van der Waals surface area contributed by atoms with E-state index in [1.807, 2.05) is 0 Å². The zero-order valence-electron chi connectivity index (χ0n) is 16.7. The van der Waals surface area contributed by atoms with Gasteiger partial charge >= 0.3 is 0 Å². The monoisotopic (exact) mass is 479 g/mol. The lowest BCUT2D eigenvalue weighted by Crippen LogP contribution is -2.37. The van der Waals surface area contributed by atoms with E-state index in [0.29, 0.717) is 16.4 Å². The number of carbonyl (C=O) groups is 1. The Morgan fingerprint density at radius 1 is 1.13 bits per heavy atom. The third-order valence-electron chi connectivity index (χ3n) is 4.21. The molecular weight excluding hydrogens is 461 g/mol. The van der Waals surface area contributed by atoms with E-state index in [4.69, 9.17) is 27.9 Å². The Labute approximate surface area is 190 Å². The van der Waals surface area contributed by atoms with Crippen LogP contribution in [0.15, 0.2) is 60.8 Å². The number of aromatic nitrogens is 1. The second-order valence-electron chi connectivity index (χ2n) is 6.64. The number of rotatable bonds is 7. The molecule has 162 valence electrons. The van der Waals surface area contributed by atoms with Crippen LogP contribution in [0.4, 0.5) is 11.4 Å². The first-order valence-electron chi connectivity index (χ1n) is 9.06. The van der Waals surface area contributed by atoms with Crippen molar-refractivity contribution >= 4 is 50.5 Å². The van der Waals surface area contributed by atoms with Gasteiger partial charge in [0.05, 0.1) is 22.7 Å². The van der Waals surface area contributed by atoms with Gasteiger partial charge in [0, 0.05) is 6.20 Å². The molecule has 0 saturated carbocycles. The van der Waals surface area contributed by atoms with Crippen molar-refractivity contribution in [2.75, 3.05) is 22.4 Å². The molecule has 3 aromatic rings. The summed E-state index contributed by atoms with van der Waals surface area (Å²) in [5.74, 6) is -0.139. The number of nitrogens with one attached hydrogen (secondary N) is 1. The fourth-order valence-corrected chi connectivity index (χ4v) is 4.12. The largest absolute Gasteiger partial charge is 0.435 e. The van der Waals surface area contributed by atoms with Gasteiger partial charge in [-0.25, -0.2) is 13.4 Å². The topological polar surface area (TPSA) is 88.6 Å². The highest BCUT2D eigenvalue weighted by Gasteiger charge is 2.23. The zero-order valence-corrected chi connectivity index (χ0v) is 19.0. The van der Waals surface area contributed by atoms with Crippen molar-refractivity contribution in [2.24, 2.45) is 0 Å². The Hall–Kier alpha value is -2.81. The van der Waals surface area contributed by atoms with Crippen molar-refractivity contribution in [1.29, 1.82) is 0 Å². The molecule has 0 aliphatic rings. The molecule has 31 heavy (non-hydrogen) atoms.